The molecule has 0 aliphatic rings. The van der Waals surface area contributed by atoms with Crippen LogP contribution in [0.1, 0.15) is 35.8 Å². The lowest BCUT2D eigenvalue weighted by Crippen LogP contribution is -2.27. The van der Waals surface area contributed by atoms with E-state index in [0.717, 1.165) is 10.0 Å². The zero-order chi connectivity index (χ0) is 17.7. The van der Waals surface area contributed by atoms with Crippen molar-refractivity contribution in [3.05, 3.63) is 64.1 Å². The van der Waals surface area contributed by atoms with Crippen molar-refractivity contribution in [2.24, 2.45) is 0 Å². The Balaban J connectivity index is 2.09. The van der Waals surface area contributed by atoms with Crippen LogP contribution in [0.25, 0.3) is 0 Å². The summed E-state index contributed by atoms with van der Waals surface area (Å²) in [4.78, 5) is 12.4. The molecule has 0 aromatic heterocycles. The zero-order valence-corrected chi connectivity index (χ0v) is 15.8. The van der Waals surface area contributed by atoms with E-state index < -0.39 is 10.0 Å². The monoisotopic (exact) mass is 410 g/mol. The van der Waals surface area contributed by atoms with Crippen LogP contribution >= 0.6 is 15.9 Å². The molecule has 0 spiro atoms. The number of benzene rings is 2. The lowest BCUT2D eigenvalue weighted by molar-refractivity contribution is 0.0940. The average Bonchev–Trinajstić information content (AvgIpc) is 2.55. The van der Waals surface area contributed by atoms with Crippen molar-refractivity contribution >= 4 is 31.9 Å². The number of hydrogen-bond donors (Lipinski definition) is 2. The van der Waals surface area contributed by atoms with Crippen molar-refractivity contribution in [1.29, 1.82) is 0 Å². The molecule has 128 valence electrons. The van der Waals surface area contributed by atoms with E-state index in [4.69, 9.17) is 0 Å². The van der Waals surface area contributed by atoms with Gasteiger partial charge < -0.3 is 5.32 Å². The minimum Gasteiger partial charge on any atom is -0.346 e. The Morgan fingerprint density at radius 2 is 1.67 bits per heavy atom. The maximum absolute atomic E-state index is 12.3. The average molecular weight is 411 g/mol. The van der Waals surface area contributed by atoms with Crippen LogP contribution in [0, 0.1) is 0 Å². The van der Waals surface area contributed by atoms with Gasteiger partial charge >= 0.3 is 0 Å². The highest BCUT2D eigenvalue weighted by atomic mass is 79.9. The molecule has 2 N–H and O–H groups in total. The van der Waals surface area contributed by atoms with Crippen molar-refractivity contribution < 1.29 is 13.2 Å². The smallest absolute Gasteiger partial charge is 0.251 e. The van der Waals surface area contributed by atoms with Crippen LogP contribution in [-0.4, -0.2) is 20.9 Å². The highest BCUT2D eigenvalue weighted by Gasteiger charge is 2.15. The molecule has 1 atom stereocenters. The summed E-state index contributed by atoms with van der Waals surface area (Å²) in [5, 5.41) is 2.90. The van der Waals surface area contributed by atoms with Gasteiger partial charge in [-0.25, -0.2) is 13.1 Å². The molecule has 0 fully saturated rings. The maximum Gasteiger partial charge on any atom is 0.251 e. The fourth-order valence-corrected chi connectivity index (χ4v) is 3.48. The number of carbonyl (C=O) groups is 1. The molecule has 0 saturated carbocycles. The summed E-state index contributed by atoms with van der Waals surface area (Å²) < 4.78 is 27.2. The third-order valence-electron chi connectivity index (χ3n) is 3.48. The van der Waals surface area contributed by atoms with Crippen molar-refractivity contribution in [3.63, 3.8) is 0 Å². The Morgan fingerprint density at radius 3 is 2.21 bits per heavy atom. The fraction of sp³-hybridized carbons (Fsp3) is 0.235. The van der Waals surface area contributed by atoms with Crippen LogP contribution < -0.4 is 10.0 Å². The zero-order valence-electron chi connectivity index (χ0n) is 13.4. The maximum atomic E-state index is 12.3. The van der Waals surface area contributed by atoms with E-state index in [0.29, 0.717) is 12.1 Å². The van der Waals surface area contributed by atoms with Crippen molar-refractivity contribution in [1.82, 2.24) is 10.0 Å². The number of nitrogens with one attached hydrogen (secondary N) is 2. The predicted octanol–water partition coefficient (Wildman–Crippen LogP) is 3.24. The van der Waals surface area contributed by atoms with Crippen LogP contribution in [0.5, 0.6) is 0 Å². The molecule has 2 aromatic rings. The standard InChI is InChI=1S/C17H19BrN2O3S/c1-3-19-24(22,23)16-10-6-14(7-11-16)17(21)20-12(2)13-4-8-15(18)9-5-13/h4-12,19H,3H2,1-2H3,(H,20,21)/t12-/m0/s1. The quantitative estimate of drug-likeness (QED) is 0.767. The number of rotatable bonds is 6. The summed E-state index contributed by atoms with van der Waals surface area (Å²) in [6.45, 7) is 3.92. The Kier molecular flexibility index (Phi) is 6.15. The van der Waals surface area contributed by atoms with Crippen LogP contribution in [0.2, 0.25) is 0 Å². The first-order chi connectivity index (χ1) is 11.3. The Bertz CT molecular complexity index is 803. The summed E-state index contributed by atoms with van der Waals surface area (Å²) >= 11 is 3.37. The summed E-state index contributed by atoms with van der Waals surface area (Å²) in [6.07, 6.45) is 0. The number of hydrogen-bond acceptors (Lipinski definition) is 3. The molecule has 0 radical (unpaired) electrons. The molecule has 0 heterocycles. The first-order valence-electron chi connectivity index (χ1n) is 7.49. The second-order valence-corrected chi connectivity index (χ2v) is 7.96. The van der Waals surface area contributed by atoms with Gasteiger partial charge in [-0.05, 0) is 48.9 Å². The summed E-state index contributed by atoms with van der Waals surface area (Å²) in [5.41, 5.74) is 1.40. The summed E-state index contributed by atoms with van der Waals surface area (Å²) in [6, 6.07) is 13.4. The van der Waals surface area contributed by atoms with Gasteiger partial charge in [-0.1, -0.05) is 35.0 Å². The van der Waals surface area contributed by atoms with E-state index in [9.17, 15) is 13.2 Å². The molecular weight excluding hydrogens is 392 g/mol. The van der Waals surface area contributed by atoms with E-state index in [2.05, 4.69) is 26.0 Å². The van der Waals surface area contributed by atoms with Gasteiger partial charge in [0.15, 0.2) is 0 Å². The molecule has 0 saturated heterocycles. The van der Waals surface area contributed by atoms with Gasteiger partial charge in [-0.15, -0.1) is 0 Å². The predicted molar refractivity (Wildman–Crippen MR) is 97.3 cm³/mol. The third-order valence-corrected chi connectivity index (χ3v) is 5.57. The Hall–Kier alpha value is -1.70. The van der Waals surface area contributed by atoms with Gasteiger partial charge in [0.25, 0.3) is 5.91 Å². The van der Waals surface area contributed by atoms with Gasteiger partial charge in [0.2, 0.25) is 10.0 Å². The van der Waals surface area contributed by atoms with E-state index in [1.54, 1.807) is 6.92 Å². The molecule has 2 aromatic carbocycles. The number of amides is 1. The van der Waals surface area contributed by atoms with Gasteiger partial charge in [0, 0.05) is 16.6 Å². The first kappa shape index (κ1) is 18.6. The minimum atomic E-state index is -3.51. The third kappa shape index (κ3) is 4.66. The SMILES string of the molecule is CCNS(=O)(=O)c1ccc(C(=O)N[C@@H](C)c2ccc(Br)cc2)cc1. The molecule has 24 heavy (non-hydrogen) atoms. The van der Waals surface area contributed by atoms with Crippen molar-refractivity contribution in [2.75, 3.05) is 6.54 Å². The van der Waals surface area contributed by atoms with Crippen LogP contribution in [0.4, 0.5) is 0 Å². The largest absolute Gasteiger partial charge is 0.346 e. The molecule has 2 rings (SSSR count). The van der Waals surface area contributed by atoms with Gasteiger partial charge in [0.05, 0.1) is 10.9 Å². The topological polar surface area (TPSA) is 75.3 Å². The molecule has 0 bridgehead atoms. The van der Waals surface area contributed by atoms with Crippen molar-refractivity contribution in [3.8, 4) is 0 Å². The second kappa shape index (κ2) is 7.92. The lowest BCUT2D eigenvalue weighted by Gasteiger charge is -2.14. The van der Waals surface area contributed by atoms with E-state index in [1.807, 2.05) is 31.2 Å². The molecule has 0 aliphatic heterocycles. The highest BCUT2D eigenvalue weighted by molar-refractivity contribution is 9.10. The van der Waals surface area contributed by atoms with Crippen LogP contribution in [0.15, 0.2) is 57.9 Å². The number of sulfonamides is 1. The van der Waals surface area contributed by atoms with Gasteiger partial charge in [-0.2, -0.15) is 0 Å². The molecular formula is C17H19BrN2O3S. The minimum absolute atomic E-state index is 0.141. The first-order valence-corrected chi connectivity index (χ1v) is 9.77. The van der Waals surface area contributed by atoms with Crippen LogP contribution in [0.3, 0.4) is 0 Å². The van der Waals surface area contributed by atoms with E-state index in [1.165, 1.54) is 24.3 Å². The second-order valence-electron chi connectivity index (χ2n) is 5.27. The molecule has 7 heteroatoms. The Morgan fingerprint density at radius 1 is 1.08 bits per heavy atom. The lowest BCUT2D eigenvalue weighted by atomic mass is 10.1. The highest BCUT2D eigenvalue weighted by Crippen LogP contribution is 2.17. The summed E-state index contributed by atoms with van der Waals surface area (Å²) in [5.74, 6) is -0.252. The molecule has 1 amide bonds. The van der Waals surface area contributed by atoms with Crippen molar-refractivity contribution in [2.45, 2.75) is 24.8 Å². The van der Waals surface area contributed by atoms with Gasteiger partial charge in [-0.3, -0.25) is 4.79 Å². The number of carbonyl (C=O) groups excluding carboxylic acids is 1. The van der Waals surface area contributed by atoms with E-state index >= 15 is 0 Å². The molecule has 0 unspecified atom stereocenters. The normalized spacial score (nSPS) is 12.6. The fourth-order valence-electron chi connectivity index (χ4n) is 2.17. The number of halogens is 1. The van der Waals surface area contributed by atoms with E-state index in [-0.39, 0.29) is 16.8 Å². The molecule has 0 aliphatic carbocycles. The summed E-state index contributed by atoms with van der Waals surface area (Å²) in [7, 11) is -3.51. The Labute approximate surface area is 150 Å². The van der Waals surface area contributed by atoms with Crippen LogP contribution in [-0.2, 0) is 10.0 Å². The molecule has 5 nitrogen and oxygen atoms in total. The van der Waals surface area contributed by atoms with Gasteiger partial charge in [0.1, 0.15) is 0 Å².